The highest BCUT2D eigenvalue weighted by molar-refractivity contribution is 5.81. The highest BCUT2D eigenvalue weighted by Gasteiger charge is 2.24. The predicted octanol–water partition coefficient (Wildman–Crippen LogP) is 0.584. The van der Waals surface area contributed by atoms with Gasteiger partial charge in [0.2, 0.25) is 5.91 Å². The second kappa shape index (κ2) is 4.83. The molecular formula is C9H14N2O2. The minimum absolute atomic E-state index is 0.147. The zero-order chi connectivity index (χ0) is 9.68. The normalized spacial score (nSPS) is 23.5. The van der Waals surface area contributed by atoms with E-state index in [0.717, 1.165) is 12.8 Å². The monoisotopic (exact) mass is 182 g/mol. The van der Waals surface area contributed by atoms with E-state index >= 15 is 0 Å². The minimum atomic E-state index is -0.378. The predicted molar refractivity (Wildman–Crippen MR) is 46.8 cm³/mol. The molecule has 1 aliphatic heterocycles. The second-order valence-corrected chi connectivity index (χ2v) is 3.10. The molecule has 0 spiro atoms. The Balaban J connectivity index is 2.35. The molecule has 1 rings (SSSR count). The first-order valence-electron chi connectivity index (χ1n) is 4.59. The number of hydrogen-bond donors (Lipinski definition) is 1. The van der Waals surface area contributed by atoms with Crippen LogP contribution in [0.3, 0.4) is 0 Å². The Morgan fingerprint density at radius 2 is 2.62 bits per heavy atom. The zero-order valence-electron chi connectivity index (χ0n) is 7.75. The first kappa shape index (κ1) is 10.0. The fourth-order valence-corrected chi connectivity index (χ4v) is 1.27. The molecule has 13 heavy (non-hydrogen) atoms. The molecule has 1 heterocycles. The Morgan fingerprint density at radius 1 is 1.85 bits per heavy atom. The van der Waals surface area contributed by atoms with Gasteiger partial charge in [0.05, 0.1) is 6.07 Å². The van der Waals surface area contributed by atoms with Crippen molar-refractivity contribution in [3.63, 3.8) is 0 Å². The van der Waals surface area contributed by atoms with Crippen LogP contribution in [0.25, 0.3) is 0 Å². The molecule has 4 nitrogen and oxygen atoms in total. The van der Waals surface area contributed by atoms with Crippen molar-refractivity contribution in [1.29, 1.82) is 5.26 Å². The largest absolute Gasteiger partial charge is 0.368 e. The van der Waals surface area contributed by atoms with E-state index in [1.165, 1.54) is 0 Å². The Kier molecular flexibility index (Phi) is 3.71. The first-order valence-corrected chi connectivity index (χ1v) is 4.59. The Labute approximate surface area is 77.9 Å². The van der Waals surface area contributed by atoms with E-state index in [9.17, 15) is 4.79 Å². The molecule has 0 aromatic carbocycles. The van der Waals surface area contributed by atoms with Crippen LogP contribution in [0.15, 0.2) is 0 Å². The molecule has 1 unspecified atom stereocenters. The number of rotatable bonds is 3. The van der Waals surface area contributed by atoms with Gasteiger partial charge in [-0.15, -0.1) is 0 Å². The smallest absolute Gasteiger partial charge is 0.250 e. The van der Waals surface area contributed by atoms with Gasteiger partial charge in [0, 0.05) is 6.61 Å². The molecule has 2 atom stereocenters. The van der Waals surface area contributed by atoms with Gasteiger partial charge in [0.15, 0.2) is 0 Å². The standard InChI is InChI=1S/C9H14N2O2/c1-2-7(6-10)11-9(12)8-4-3-5-13-8/h7-8H,2-5H2,1H3,(H,11,12)/t7?,8-/m1/s1. The van der Waals surface area contributed by atoms with Gasteiger partial charge in [-0.3, -0.25) is 4.79 Å². The zero-order valence-corrected chi connectivity index (χ0v) is 7.75. The van der Waals surface area contributed by atoms with Crippen molar-refractivity contribution in [3.05, 3.63) is 0 Å². The SMILES string of the molecule is CCC(C#N)NC(=O)[C@H]1CCCO1. The van der Waals surface area contributed by atoms with E-state index in [-0.39, 0.29) is 18.1 Å². The van der Waals surface area contributed by atoms with Crippen LogP contribution in [-0.4, -0.2) is 24.7 Å². The number of amides is 1. The van der Waals surface area contributed by atoms with Gasteiger partial charge >= 0.3 is 0 Å². The van der Waals surface area contributed by atoms with E-state index in [4.69, 9.17) is 10.00 Å². The summed E-state index contributed by atoms with van der Waals surface area (Å²) in [6.07, 6.45) is 2.01. The van der Waals surface area contributed by atoms with Crippen molar-refractivity contribution < 1.29 is 9.53 Å². The minimum Gasteiger partial charge on any atom is -0.368 e. The van der Waals surface area contributed by atoms with E-state index in [1.54, 1.807) is 0 Å². The fraction of sp³-hybridized carbons (Fsp3) is 0.778. The van der Waals surface area contributed by atoms with E-state index in [1.807, 2.05) is 13.0 Å². The number of ether oxygens (including phenoxy) is 1. The van der Waals surface area contributed by atoms with Gasteiger partial charge in [-0.05, 0) is 19.3 Å². The van der Waals surface area contributed by atoms with Gasteiger partial charge in [-0.2, -0.15) is 5.26 Å². The number of carbonyl (C=O) groups is 1. The molecule has 1 amide bonds. The molecule has 0 aromatic heterocycles. The third-order valence-electron chi connectivity index (χ3n) is 2.10. The number of nitrogens with one attached hydrogen (secondary N) is 1. The van der Waals surface area contributed by atoms with E-state index in [2.05, 4.69) is 5.32 Å². The van der Waals surface area contributed by atoms with E-state index < -0.39 is 0 Å². The van der Waals surface area contributed by atoms with Crippen molar-refractivity contribution >= 4 is 5.91 Å². The lowest BCUT2D eigenvalue weighted by Crippen LogP contribution is -2.40. The fourth-order valence-electron chi connectivity index (χ4n) is 1.27. The summed E-state index contributed by atoms with van der Waals surface area (Å²) in [5, 5.41) is 11.2. The Hall–Kier alpha value is -1.08. The maximum Gasteiger partial charge on any atom is 0.250 e. The highest BCUT2D eigenvalue weighted by atomic mass is 16.5. The van der Waals surface area contributed by atoms with Gasteiger partial charge in [0.1, 0.15) is 12.1 Å². The van der Waals surface area contributed by atoms with Crippen molar-refractivity contribution in [2.24, 2.45) is 0 Å². The highest BCUT2D eigenvalue weighted by Crippen LogP contribution is 2.11. The van der Waals surface area contributed by atoms with Crippen LogP contribution in [0.2, 0.25) is 0 Å². The quantitative estimate of drug-likeness (QED) is 0.694. The third-order valence-corrected chi connectivity index (χ3v) is 2.10. The summed E-state index contributed by atoms with van der Waals surface area (Å²) in [4.78, 5) is 11.4. The number of nitriles is 1. The molecule has 1 N–H and O–H groups in total. The maximum absolute atomic E-state index is 11.4. The van der Waals surface area contributed by atoms with Crippen molar-refractivity contribution in [2.45, 2.75) is 38.3 Å². The summed E-state index contributed by atoms with van der Waals surface area (Å²) in [5.41, 5.74) is 0. The Bertz CT molecular complexity index is 216. The van der Waals surface area contributed by atoms with Crippen LogP contribution < -0.4 is 5.32 Å². The van der Waals surface area contributed by atoms with Gasteiger partial charge < -0.3 is 10.1 Å². The van der Waals surface area contributed by atoms with Gasteiger partial charge in [-0.1, -0.05) is 6.92 Å². The first-order chi connectivity index (χ1) is 6.27. The molecular weight excluding hydrogens is 168 g/mol. The summed E-state index contributed by atoms with van der Waals surface area (Å²) >= 11 is 0. The van der Waals surface area contributed by atoms with Gasteiger partial charge in [0.25, 0.3) is 0 Å². The lowest BCUT2D eigenvalue weighted by atomic mass is 10.2. The van der Waals surface area contributed by atoms with Crippen LogP contribution in [0.1, 0.15) is 26.2 Å². The molecule has 1 saturated heterocycles. The molecule has 0 saturated carbocycles. The second-order valence-electron chi connectivity index (χ2n) is 3.10. The van der Waals surface area contributed by atoms with Crippen LogP contribution in [0.4, 0.5) is 0 Å². The average molecular weight is 182 g/mol. The van der Waals surface area contributed by atoms with Crippen molar-refractivity contribution in [1.82, 2.24) is 5.32 Å². The molecule has 0 radical (unpaired) electrons. The van der Waals surface area contributed by atoms with Crippen LogP contribution in [0, 0.1) is 11.3 Å². The van der Waals surface area contributed by atoms with E-state index in [0.29, 0.717) is 13.0 Å². The molecule has 72 valence electrons. The number of hydrogen-bond acceptors (Lipinski definition) is 3. The average Bonchev–Trinajstić information content (AvgIpc) is 2.66. The summed E-state index contributed by atoms with van der Waals surface area (Å²) in [6, 6.07) is 1.64. The number of carbonyl (C=O) groups excluding carboxylic acids is 1. The third kappa shape index (κ3) is 2.71. The lowest BCUT2D eigenvalue weighted by molar-refractivity contribution is -0.130. The topological polar surface area (TPSA) is 62.1 Å². The van der Waals surface area contributed by atoms with Crippen molar-refractivity contribution in [3.8, 4) is 6.07 Å². The maximum atomic E-state index is 11.4. The molecule has 0 aromatic rings. The van der Waals surface area contributed by atoms with Crippen molar-refractivity contribution in [2.75, 3.05) is 6.61 Å². The number of nitrogens with zero attached hydrogens (tertiary/aromatic N) is 1. The van der Waals surface area contributed by atoms with Crippen LogP contribution in [0.5, 0.6) is 0 Å². The van der Waals surface area contributed by atoms with Gasteiger partial charge in [-0.25, -0.2) is 0 Å². The summed E-state index contributed by atoms with van der Waals surface area (Å²) in [5.74, 6) is -0.147. The molecule has 4 heteroatoms. The van der Waals surface area contributed by atoms with Crippen LogP contribution in [-0.2, 0) is 9.53 Å². The molecule has 1 aliphatic rings. The molecule has 0 aliphatic carbocycles. The van der Waals surface area contributed by atoms with Crippen LogP contribution >= 0.6 is 0 Å². The molecule has 1 fully saturated rings. The summed E-state index contributed by atoms with van der Waals surface area (Å²) in [7, 11) is 0. The summed E-state index contributed by atoms with van der Waals surface area (Å²) in [6.45, 7) is 2.52. The molecule has 0 bridgehead atoms. The summed E-state index contributed by atoms with van der Waals surface area (Å²) < 4.78 is 5.18. The lowest BCUT2D eigenvalue weighted by Gasteiger charge is -2.12. The Morgan fingerprint density at radius 3 is 3.08 bits per heavy atom.